The van der Waals surface area contributed by atoms with Crippen LogP contribution in [0.25, 0.3) is 0 Å². The molecule has 1 aliphatic heterocycles. The molecular weight excluding hydrogens is 132 g/mol. The van der Waals surface area contributed by atoms with Gasteiger partial charge in [0.15, 0.2) is 0 Å². The zero-order valence-corrected chi connectivity index (χ0v) is 6.24. The number of hydrogen-bond donors (Lipinski definition) is 1. The largest absolute Gasteiger partial charge is 0.481 e. The molecule has 10 heavy (non-hydrogen) atoms. The van der Waals surface area contributed by atoms with Gasteiger partial charge in [-0.15, -0.1) is 0 Å². The minimum atomic E-state index is -0.833. The van der Waals surface area contributed by atoms with E-state index in [2.05, 4.69) is 9.89 Å². The highest BCUT2D eigenvalue weighted by Crippen LogP contribution is 1.84. The van der Waals surface area contributed by atoms with Crippen molar-refractivity contribution in [3.05, 3.63) is 0 Å². The van der Waals surface area contributed by atoms with Crippen LogP contribution in [-0.2, 0) is 4.79 Å². The normalized spacial score (nSPS) is 14.4. The molecule has 0 radical (unpaired) electrons. The summed E-state index contributed by atoms with van der Waals surface area (Å²) in [5, 5.41) is 7.42. The van der Waals surface area contributed by atoms with Crippen molar-refractivity contribution in [2.75, 3.05) is 20.1 Å². The molecule has 1 N–H and O–H groups in total. The number of hydrogen-bond acceptors (Lipinski definition) is 3. The van der Waals surface area contributed by atoms with Gasteiger partial charge in [0, 0.05) is 20.5 Å². The molecule has 58 valence electrons. The van der Waals surface area contributed by atoms with E-state index < -0.39 is 5.97 Å². The standard InChI is InChI=1S/C4H8N2.C2H4O2/c1-6-3-2-5-4-6;1-2(3)4/h4H,2-3H2,1H3;1H3,(H,3,4). The molecule has 0 atom stereocenters. The minimum absolute atomic E-state index is 0.833. The first-order chi connectivity index (χ1) is 4.63. The van der Waals surface area contributed by atoms with Crippen LogP contribution in [0.2, 0.25) is 0 Å². The van der Waals surface area contributed by atoms with Crippen LogP contribution in [0.3, 0.4) is 0 Å². The molecule has 0 bridgehead atoms. The number of carboxylic acids is 1. The Morgan fingerprint density at radius 3 is 2.40 bits per heavy atom. The van der Waals surface area contributed by atoms with Gasteiger partial charge >= 0.3 is 0 Å². The predicted molar refractivity (Wildman–Crippen MR) is 39.3 cm³/mol. The van der Waals surface area contributed by atoms with E-state index in [-0.39, 0.29) is 0 Å². The molecule has 0 aliphatic carbocycles. The lowest BCUT2D eigenvalue weighted by molar-refractivity contribution is -0.134. The molecular formula is C6H12N2O2. The van der Waals surface area contributed by atoms with E-state index in [0.29, 0.717) is 0 Å². The molecule has 4 heteroatoms. The Hall–Kier alpha value is -1.06. The van der Waals surface area contributed by atoms with E-state index in [4.69, 9.17) is 9.90 Å². The van der Waals surface area contributed by atoms with Gasteiger partial charge in [-0.2, -0.15) is 0 Å². The predicted octanol–water partition coefficient (Wildman–Crippen LogP) is 0.0510. The van der Waals surface area contributed by atoms with Crippen LogP contribution in [0.1, 0.15) is 6.92 Å². The number of likely N-dealkylation sites (N-methyl/N-ethyl adjacent to an activating group) is 1. The fourth-order valence-corrected chi connectivity index (χ4v) is 0.470. The SMILES string of the molecule is CC(=O)O.CN1C=NCC1. The van der Waals surface area contributed by atoms with Gasteiger partial charge in [-0.25, -0.2) is 0 Å². The van der Waals surface area contributed by atoms with Crippen LogP contribution in [-0.4, -0.2) is 42.5 Å². The van der Waals surface area contributed by atoms with Crippen molar-refractivity contribution < 1.29 is 9.90 Å². The summed E-state index contributed by atoms with van der Waals surface area (Å²) >= 11 is 0. The molecule has 1 rings (SSSR count). The Morgan fingerprint density at radius 2 is 2.30 bits per heavy atom. The summed E-state index contributed by atoms with van der Waals surface area (Å²) in [6.45, 7) is 3.16. The summed E-state index contributed by atoms with van der Waals surface area (Å²) in [6, 6.07) is 0. The second kappa shape index (κ2) is 4.78. The maximum atomic E-state index is 9.00. The number of nitrogens with zero attached hydrogens (tertiary/aromatic N) is 2. The second-order valence-corrected chi connectivity index (χ2v) is 2.02. The second-order valence-electron chi connectivity index (χ2n) is 2.02. The number of carboxylic acid groups (broad SMARTS) is 1. The van der Waals surface area contributed by atoms with E-state index in [1.165, 1.54) is 0 Å². The summed E-state index contributed by atoms with van der Waals surface area (Å²) in [7, 11) is 2.02. The van der Waals surface area contributed by atoms with Crippen molar-refractivity contribution in [1.82, 2.24) is 4.90 Å². The van der Waals surface area contributed by atoms with E-state index in [1.807, 2.05) is 13.4 Å². The van der Waals surface area contributed by atoms with Crippen molar-refractivity contribution in [3.63, 3.8) is 0 Å². The number of aliphatic carboxylic acids is 1. The van der Waals surface area contributed by atoms with Crippen LogP contribution < -0.4 is 0 Å². The van der Waals surface area contributed by atoms with Gasteiger partial charge in [-0.3, -0.25) is 9.79 Å². The summed E-state index contributed by atoms with van der Waals surface area (Å²) in [5.74, 6) is -0.833. The third kappa shape index (κ3) is 6.94. The topological polar surface area (TPSA) is 52.9 Å². The van der Waals surface area contributed by atoms with Crippen molar-refractivity contribution in [2.45, 2.75) is 6.92 Å². The average Bonchev–Trinajstić information content (AvgIpc) is 2.15. The van der Waals surface area contributed by atoms with Crippen LogP contribution in [0.15, 0.2) is 4.99 Å². The lowest BCUT2D eigenvalue weighted by Gasteiger charge is -1.99. The fourth-order valence-electron chi connectivity index (χ4n) is 0.470. The van der Waals surface area contributed by atoms with Crippen LogP contribution in [0, 0.1) is 0 Å². The van der Waals surface area contributed by atoms with Crippen LogP contribution in [0.4, 0.5) is 0 Å². The van der Waals surface area contributed by atoms with Crippen molar-refractivity contribution in [3.8, 4) is 0 Å². The molecule has 0 unspecified atom stereocenters. The Balaban J connectivity index is 0.000000180. The highest BCUT2D eigenvalue weighted by Gasteiger charge is 1.94. The lowest BCUT2D eigenvalue weighted by atomic mass is 10.6. The van der Waals surface area contributed by atoms with Crippen LogP contribution >= 0.6 is 0 Å². The molecule has 0 aromatic carbocycles. The molecule has 1 aliphatic rings. The molecule has 0 aromatic heterocycles. The van der Waals surface area contributed by atoms with E-state index in [0.717, 1.165) is 20.0 Å². The summed E-state index contributed by atoms with van der Waals surface area (Å²) in [5.41, 5.74) is 0. The summed E-state index contributed by atoms with van der Waals surface area (Å²) < 4.78 is 0. The zero-order chi connectivity index (χ0) is 7.98. The molecule has 0 spiro atoms. The van der Waals surface area contributed by atoms with Gasteiger partial charge in [0.05, 0.1) is 12.9 Å². The molecule has 1 heterocycles. The van der Waals surface area contributed by atoms with Crippen molar-refractivity contribution >= 4 is 12.3 Å². The maximum absolute atomic E-state index is 9.00. The van der Waals surface area contributed by atoms with E-state index >= 15 is 0 Å². The molecule has 4 nitrogen and oxygen atoms in total. The van der Waals surface area contributed by atoms with Gasteiger partial charge in [-0.1, -0.05) is 0 Å². The third-order valence-corrected chi connectivity index (χ3v) is 0.861. The van der Waals surface area contributed by atoms with Gasteiger partial charge in [-0.05, 0) is 0 Å². The zero-order valence-electron chi connectivity index (χ0n) is 6.24. The summed E-state index contributed by atoms with van der Waals surface area (Å²) in [6.07, 6.45) is 1.86. The first-order valence-corrected chi connectivity index (χ1v) is 3.02. The highest BCUT2D eigenvalue weighted by atomic mass is 16.4. The van der Waals surface area contributed by atoms with E-state index in [9.17, 15) is 0 Å². The smallest absolute Gasteiger partial charge is 0.300 e. The Bertz CT molecular complexity index is 130. The van der Waals surface area contributed by atoms with Crippen LogP contribution in [0.5, 0.6) is 0 Å². The molecule has 0 saturated carbocycles. The monoisotopic (exact) mass is 144 g/mol. The first-order valence-electron chi connectivity index (χ1n) is 3.02. The Labute approximate surface area is 60.2 Å². The van der Waals surface area contributed by atoms with Gasteiger partial charge < -0.3 is 10.0 Å². The van der Waals surface area contributed by atoms with E-state index in [1.54, 1.807) is 0 Å². The quantitative estimate of drug-likeness (QED) is 0.522. The Morgan fingerprint density at radius 1 is 1.80 bits per heavy atom. The molecule has 0 saturated heterocycles. The van der Waals surface area contributed by atoms with Gasteiger partial charge in [0.2, 0.25) is 0 Å². The van der Waals surface area contributed by atoms with Gasteiger partial charge in [0.1, 0.15) is 0 Å². The Kier molecular flexibility index (Phi) is 4.28. The lowest BCUT2D eigenvalue weighted by Crippen LogP contribution is -2.11. The third-order valence-electron chi connectivity index (χ3n) is 0.861. The van der Waals surface area contributed by atoms with Crippen molar-refractivity contribution in [2.24, 2.45) is 4.99 Å². The average molecular weight is 144 g/mol. The summed E-state index contributed by atoms with van der Waals surface area (Å²) in [4.78, 5) is 15.0. The van der Waals surface area contributed by atoms with Crippen molar-refractivity contribution in [1.29, 1.82) is 0 Å². The fraction of sp³-hybridized carbons (Fsp3) is 0.667. The molecule has 0 aromatic rings. The molecule has 0 fully saturated rings. The number of aliphatic imine (C=N–C) groups is 1. The first kappa shape index (κ1) is 8.94. The maximum Gasteiger partial charge on any atom is 0.300 e. The highest BCUT2D eigenvalue weighted by molar-refractivity contribution is 5.62. The number of carbonyl (C=O) groups is 1. The minimum Gasteiger partial charge on any atom is -0.481 e. The number of rotatable bonds is 0. The van der Waals surface area contributed by atoms with Gasteiger partial charge in [0.25, 0.3) is 5.97 Å². The molecule has 0 amide bonds.